The number of aryl methyl sites for hydroxylation is 1. The third-order valence-corrected chi connectivity index (χ3v) is 2.03. The Balaban J connectivity index is 2.75. The molecule has 0 aliphatic carbocycles. The van der Waals surface area contributed by atoms with Crippen molar-refractivity contribution < 1.29 is 17.9 Å². The van der Waals surface area contributed by atoms with Crippen LogP contribution in [0.15, 0.2) is 23.3 Å². The van der Waals surface area contributed by atoms with Crippen molar-refractivity contribution in [2.75, 3.05) is 6.54 Å². The summed E-state index contributed by atoms with van der Waals surface area (Å²) in [6.45, 7) is 1.80. The Morgan fingerprint density at radius 2 is 2.12 bits per heavy atom. The fraction of sp³-hybridized carbons (Fsp3) is 0.400. The second-order valence-electron chi connectivity index (χ2n) is 3.35. The number of benzene rings is 1. The van der Waals surface area contributed by atoms with Crippen LogP contribution in [0.5, 0.6) is 5.75 Å². The van der Waals surface area contributed by atoms with Crippen LogP contribution in [0, 0.1) is 6.92 Å². The van der Waals surface area contributed by atoms with Crippen LogP contribution in [0.2, 0.25) is 0 Å². The highest BCUT2D eigenvalue weighted by Crippen LogP contribution is 2.26. The van der Waals surface area contributed by atoms with Crippen LogP contribution in [0.1, 0.15) is 11.1 Å². The highest BCUT2D eigenvalue weighted by molar-refractivity contribution is 5.36. The Morgan fingerprint density at radius 3 is 2.65 bits per heavy atom. The van der Waals surface area contributed by atoms with Gasteiger partial charge in [-0.3, -0.25) is 0 Å². The first-order valence-corrected chi connectivity index (χ1v) is 4.78. The smallest absolute Gasteiger partial charge is 0.406 e. The third-order valence-electron chi connectivity index (χ3n) is 2.03. The van der Waals surface area contributed by atoms with E-state index >= 15 is 0 Å². The number of hydrogen-bond acceptors (Lipinski definition) is 2. The molecular weight excluding hydrogens is 235 g/mol. The second kappa shape index (κ2) is 5.45. The van der Waals surface area contributed by atoms with Gasteiger partial charge in [0.2, 0.25) is 0 Å². The number of halogens is 3. The maximum atomic E-state index is 12.0. The van der Waals surface area contributed by atoms with E-state index in [1.165, 1.54) is 19.1 Å². The zero-order valence-corrected chi connectivity index (χ0v) is 9.03. The number of rotatable bonds is 4. The molecule has 0 aliphatic heterocycles. The number of ether oxygens (including phenoxy) is 1. The highest BCUT2D eigenvalue weighted by atomic mass is 19.4. The van der Waals surface area contributed by atoms with E-state index in [0.717, 1.165) is 5.56 Å². The van der Waals surface area contributed by atoms with Crippen LogP contribution in [-0.4, -0.2) is 12.9 Å². The predicted molar refractivity (Wildman–Crippen MR) is 55.6 cm³/mol. The Kier molecular flexibility index (Phi) is 4.23. The lowest BCUT2D eigenvalue weighted by Crippen LogP contribution is -2.17. The summed E-state index contributed by atoms with van der Waals surface area (Å²) in [6.07, 6.45) is -4.20. The average Bonchev–Trinajstić information content (AvgIpc) is 2.21. The lowest BCUT2D eigenvalue weighted by atomic mass is 10.1. The lowest BCUT2D eigenvalue weighted by molar-refractivity contribution is -0.274. The summed E-state index contributed by atoms with van der Waals surface area (Å²) in [5.74, 6) is -0.218. The molecule has 0 saturated heterocycles. The molecule has 0 bridgehead atoms. The van der Waals surface area contributed by atoms with Crippen LogP contribution in [0.4, 0.5) is 13.2 Å². The number of azide groups is 1. The monoisotopic (exact) mass is 245 g/mol. The first-order valence-electron chi connectivity index (χ1n) is 4.78. The van der Waals surface area contributed by atoms with Gasteiger partial charge in [-0.1, -0.05) is 17.2 Å². The molecule has 0 saturated carbocycles. The van der Waals surface area contributed by atoms with Gasteiger partial charge in [0.15, 0.2) is 0 Å². The van der Waals surface area contributed by atoms with Crippen molar-refractivity contribution in [2.24, 2.45) is 5.11 Å². The van der Waals surface area contributed by atoms with E-state index in [0.29, 0.717) is 12.0 Å². The van der Waals surface area contributed by atoms with E-state index in [1.54, 1.807) is 6.07 Å². The molecule has 0 radical (unpaired) electrons. The number of alkyl halides is 3. The average molecular weight is 245 g/mol. The summed E-state index contributed by atoms with van der Waals surface area (Å²) in [6, 6.07) is 4.35. The zero-order chi connectivity index (χ0) is 12.9. The summed E-state index contributed by atoms with van der Waals surface area (Å²) in [7, 11) is 0. The van der Waals surface area contributed by atoms with Gasteiger partial charge in [-0.05, 0) is 36.1 Å². The maximum Gasteiger partial charge on any atom is 0.573 e. The summed E-state index contributed by atoms with van der Waals surface area (Å²) in [4.78, 5) is 2.59. The van der Waals surface area contributed by atoms with Gasteiger partial charge in [0, 0.05) is 11.5 Å². The minimum Gasteiger partial charge on any atom is -0.406 e. The summed E-state index contributed by atoms with van der Waals surface area (Å²) >= 11 is 0. The third kappa shape index (κ3) is 4.65. The Morgan fingerprint density at radius 1 is 1.41 bits per heavy atom. The fourth-order valence-corrected chi connectivity index (χ4v) is 1.33. The molecule has 0 atom stereocenters. The molecule has 0 unspecified atom stereocenters. The first kappa shape index (κ1) is 13.2. The zero-order valence-electron chi connectivity index (χ0n) is 9.03. The summed E-state index contributed by atoms with van der Waals surface area (Å²) < 4.78 is 39.8. The van der Waals surface area contributed by atoms with Crippen LogP contribution >= 0.6 is 0 Å². The van der Waals surface area contributed by atoms with Gasteiger partial charge in [0.1, 0.15) is 5.75 Å². The predicted octanol–water partition coefficient (Wildman–Crippen LogP) is 3.75. The standard InChI is InChI=1S/C10H10F3N3O/c1-7-6-8(4-5-15-16-14)2-3-9(7)17-10(11,12)13/h2-3,6H,4-5H2,1H3. The van der Waals surface area contributed by atoms with Crippen LogP contribution in [0.3, 0.4) is 0 Å². The molecule has 0 spiro atoms. The molecule has 0 amide bonds. The van der Waals surface area contributed by atoms with Gasteiger partial charge < -0.3 is 4.74 Å². The molecule has 0 fully saturated rings. The highest BCUT2D eigenvalue weighted by Gasteiger charge is 2.31. The van der Waals surface area contributed by atoms with Gasteiger partial charge in [0.25, 0.3) is 0 Å². The Bertz CT molecular complexity index is 439. The molecule has 17 heavy (non-hydrogen) atoms. The van der Waals surface area contributed by atoms with E-state index in [4.69, 9.17) is 5.53 Å². The van der Waals surface area contributed by atoms with E-state index in [1.807, 2.05) is 0 Å². The van der Waals surface area contributed by atoms with E-state index < -0.39 is 6.36 Å². The first-order chi connectivity index (χ1) is 7.92. The van der Waals surface area contributed by atoms with Crippen molar-refractivity contribution in [1.29, 1.82) is 0 Å². The largest absolute Gasteiger partial charge is 0.573 e. The minimum atomic E-state index is -4.68. The lowest BCUT2D eigenvalue weighted by Gasteiger charge is -2.12. The van der Waals surface area contributed by atoms with Crippen molar-refractivity contribution in [2.45, 2.75) is 19.7 Å². The molecule has 0 N–H and O–H groups in total. The van der Waals surface area contributed by atoms with Crippen LogP contribution in [0.25, 0.3) is 10.4 Å². The number of nitrogens with zero attached hydrogens (tertiary/aromatic N) is 3. The molecule has 1 aromatic rings. The van der Waals surface area contributed by atoms with Gasteiger partial charge in [-0.2, -0.15) is 0 Å². The molecule has 4 nitrogen and oxygen atoms in total. The van der Waals surface area contributed by atoms with E-state index in [9.17, 15) is 13.2 Å². The second-order valence-corrected chi connectivity index (χ2v) is 3.35. The summed E-state index contributed by atoms with van der Waals surface area (Å²) in [5.41, 5.74) is 9.27. The van der Waals surface area contributed by atoms with E-state index in [2.05, 4.69) is 14.8 Å². The van der Waals surface area contributed by atoms with Crippen LogP contribution < -0.4 is 4.74 Å². The van der Waals surface area contributed by atoms with Crippen molar-refractivity contribution in [3.8, 4) is 5.75 Å². The number of hydrogen-bond donors (Lipinski definition) is 0. The van der Waals surface area contributed by atoms with Gasteiger partial charge in [-0.15, -0.1) is 13.2 Å². The SMILES string of the molecule is Cc1cc(CCN=[N+]=[N-])ccc1OC(F)(F)F. The summed E-state index contributed by atoms with van der Waals surface area (Å²) in [5, 5.41) is 3.35. The maximum absolute atomic E-state index is 12.0. The molecule has 92 valence electrons. The quantitative estimate of drug-likeness (QED) is 0.452. The molecule has 1 rings (SSSR count). The fourth-order valence-electron chi connectivity index (χ4n) is 1.33. The topological polar surface area (TPSA) is 58.0 Å². The molecular formula is C10H10F3N3O. The molecule has 0 heterocycles. The molecule has 1 aromatic carbocycles. The van der Waals surface area contributed by atoms with Crippen molar-refractivity contribution in [3.05, 3.63) is 39.8 Å². The Labute approximate surface area is 95.6 Å². The van der Waals surface area contributed by atoms with Gasteiger partial charge in [0.05, 0.1) is 0 Å². The van der Waals surface area contributed by atoms with Crippen molar-refractivity contribution in [3.63, 3.8) is 0 Å². The molecule has 0 aliphatic rings. The minimum absolute atomic E-state index is 0.218. The van der Waals surface area contributed by atoms with Crippen LogP contribution in [-0.2, 0) is 6.42 Å². The molecule has 7 heteroatoms. The Hall–Kier alpha value is -1.88. The molecule has 0 aromatic heterocycles. The van der Waals surface area contributed by atoms with Gasteiger partial charge in [-0.25, -0.2) is 0 Å². The van der Waals surface area contributed by atoms with E-state index in [-0.39, 0.29) is 12.3 Å². The van der Waals surface area contributed by atoms with Crippen molar-refractivity contribution >= 4 is 0 Å². The normalized spacial score (nSPS) is 10.8. The van der Waals surface area contributed by atoms with Gasteiger partial charge >= 0.3 is 6.36 Å². The van der Waals surface area contributed by atoms with Crippen molar-refractivity contribution in [1.82, 2.24) is 0 Å².